The number of aromatic nitrogens is 5. The van der Waals surface area contributed by atoms with E-state index in [1.165, 1.54) is 0 Å². The maximum absolute atomic E-state index is 12.5. The fraction of sp³-hybridized carbons (Fsp3) is 0.412. The lowest BCUT2D eigenvalue weighted by Crippen LogP contribution is -2.14. The summed E-state index contributed by atoms with van der Waals surface area (Å²) < 4.78 is 3.80. The third-order valence-electron chi connectivity index (χ3n) is 4.27. The highest BCUT2D eigenvalue weighted by Gasteiger charge is 2.15. The van der Waals surface area contributed by atoms with Crippen LogP contribution in [0.25, 0.3) is 11.2 Å². The van der Waals surface area contributed by atoms with Crippen LogP contribution in [-0.2, 0) is 7.05 Å². The van der Waals surface area contributed by atoms with E-state index in [2.05, 4.69) is 34.2 Å². The number of amides is 1. The molecule has 0 aliphatic heterocycles. The standard InChI is InChI=1S/C17H22N6O/c1-5-13(6-2)23-11(3)7-15(21-23)20-17(24)12-8-14-16(18-9-12)22(4)10-19-14/h7-10,13H,5-6H2,1-4H3,(H,20,21,24). The third kappa shape index (κ3) is 2.89. The molecule has 3 heterocycles. The van der Waals surface area contributed by atoms with Crippen molar-refractivity contribution in [1.29, 1.82) is 0 Å². The number of nitrogens with one attached hydrogen (secondary N) is 1. The average Bonchev–Trinajstić information content (AvgIpc) is 3.12. The van der Waals surface area contributed by atoms with Crippen LogP contribution in [0.3, 0.4) is 0 Å². The number of fused-ring (bicyclic) bond motifs is 1. The molecule has 1 amide bonds. The van der Waals surface area contributed by atoms with Crippen LogP contribution in [0.1, 0.15) is 48.8 Å². The zero-order valence-electron chi connectivity index (χ0n) is 14.4. The van der Waals surface area contributed by atoms with Crippen molar-refractivity contribution in [2.24, 2.45) is 7.05 Å². The number of carbonyl (C=O) groups is 1. The highest BCUT2D eigenvalue weighted by Crippen LogP contribution is 2.20. The Morgan fingerprint density at radius 2 is 2.00 bits per heavy atom. The lowest BCUT2D eigenvalue weighted by Gasteiger charge is -2.14. The Morgan fingerprint density at radius 1 is 1.25 bits per heavy atom. The second-order valence-electron chi connectivity index (χ2n) is 5.96. The van der Waals surface area contributed by atoms with Crippen LogP contribution >= 0.6 is 0 Å². The Morgan fingerprint density at radius 3 is 2.71 bits per heavy atom. The summed E-state index contributed by atoms with van der Waals surface area (Å²) in [6.45, 7) is 6.28. The molecule has 1 N–H and O–H groups in total. The van der Waals surface area contributed by atoms with Gasteiger partial charge >= 0.3 is 0 Å². The van der Waals surface area contributed by atoms with Crippen LogP contribution in [-0.4, -0.2) is 30.2 Å². The summed E-state index contributed by atoms with van der Waals surface area (Å²) >= 11 is 0. The molecule has 0 aliphatic rings. The first kappa shape index (κ1) is 16.2. The van der Waals surface area contributed by atoms with Gasteiger partial charge < -0.3 is 9.88 Å². The van der Waals surface area contributed by atoms with Crippen molar-refractivity contribution in [3.05, 3.63) is 35.9 Å². The Bertz CT molecular complexity index is 874. The minimum atomic E-state index is -0.232. The van der Waals surface area contributed by atoms with Crippen molar-refractivity contribution < 1.29 is 4.79 Å². The smallest absolute Gasteiger partial charge is 0.258 e. The van der Waals surface area contributed by atoms with Crippen LogP contribution < -0.4 is 5.32 Å². The van der Waals surface area contributed by atoms with E-state index < -0.39 is 0 Å². The van der Waals surface area contributed by atoms with Crippen LogP contribution in [0.5, 0.6) is 0 Å². The molecule has 3 aromatic rings. The molecular formula is C17H22N6O. The Kier molecular flexibility index (Phi) is 4.33. The first-order valence-corrected chi connectivity index (χ1v) is 8.18. The van der Waals surface area contributed by atoms with E-state index in [9.17, 15) is 4.79 Å². The van der Waals surface area contributed by atoms with E-state index in [0.29, 0.717) is 22.9 Å². The molecule has 0 saturated heterocycles. The second-order valence-corrected chi connectivity index (χ2v) is 5.96. The largest absolute Gasteiger partial charge is 0.318 e. The lowest BCUT2D eigenvalue weighted by atomic mass is 10.2. The third-order valence-corrected chi connectivity index (χ3v) is 4.27. The first-order valence-electron chi connectivity index (χ1n) is 8.18. The SMILES string of the molecule is CCC(CC)n1nc(NC(=O)c2cnc3c(c2)ncn3C)cc1C. The topological polar surface area (TPSA) is 77.6 Å². The van der Waals surface area contributed by atoms with Gasteiger partial charge in [-0.05, 0) is 25.8 Å². The molecule has 3 rings (SSSR count). The van der Waals surface area contributed by atoms with E-state index >= 15 is 0 Å². The van der Waals surface area contributed by atoms with Gasteiger partial charge in [0.25, 0.3) is 5.91 Å². The maximum atomic E-state index is 12.5. The minimum Gasteiger partial charge on any atom is -0.318 e. The minimum absolute atomic E-state index is 0.232. The summed E-state index contributed by atoms with van der Waals surface area (Å²) in [6, 6.07) is 3.98. The van der Waals surface area contributed by atoms with Crippen LogP contribution in [0.15, 0.2) is 24.7 Å². The first-order chi connectivity index (χ1) is 11.5. The molecule has 0 saturated carbocycles. The van der Waals surface area contributed by atoms with Gasteiger partial charge in [-0.1, -0.05) is 13.8 Å². The Hall–Kier alpha value is -2.70. The molecule has 0 fully saturated rings. The number of carbonyl (C=O) groups excluding carboxylic acids is 1. The molecule has 0 bridgehead atoms. The molecule has 0 atom stereocenters. The van der Waals surface area contributed by atoms with E-state index in [1.54, 1.807) is 18.6 Å². The van der Waals surface area contributed by atoms with E-state index in [-0.39, 0.29) is 5.91 Å². The number of imidazole rings is 1. The maximum Gasteiger partial charge on any atom is 0.258 e. The summed E-state index contributed by atoms with van der Waals surface area (Å²) in [6.07, 6.45) is 5.25. The van der Waals surface area contributed by atoms with Crippen LogP contribution in [0.4, 0.5) is 5.82 Å². The average molecular weight is 326 g/mol. The van der Waals surface area contributed by atoms with Gasteiger partial charge in [-0.25, -0.2) is 9.97 Å². The molecule has 0 aromatic carbocycles. The highest BCUT2D eigenvalue weighted by atomic mass is 16.1. The van der Waals surface area contributed by atoms with Crippen molar-refractivity contribution in [1.82, 2.24) is 24.3 Å². The van der Waals surface area contributed by atoms with Crippen molar-refractivity contribution in [3.8, 4) is 0 Å². The number of hydrogen-bond acceptors (Lipinski definition) is 4. The molecule has 0 spiro atoms. The van der Waals surface area contributed by atoms with E-state index in [1.807, 2.05) is 29.3 Å². The van der Waals surface area contributed by atoms with Gasteiger partial charge in [0, 0.05) is 25.0 Å². The zero-order valence-corrected chi connectivity index (χ0v) is 14.4. The number of hydrogen-bond donors (Lipinski definition) is 1. The van der Waals surface area contributed by atoms with Crippen molar-refractivity contribution >= 4 is 22.9 Å². The molecule has 126 valence electrons. The van der Waals surface area contributed by atoms with Gasteiger partial charge in [0.15, 0.2) is 11.5 Å². The van der Waals surface area contributed by atoms with Gasteiger partial charge in [0.05, 0.1) is 17.9 Å². The van der Waals surface area contributed by atoms with Crippen molar-refractivity contribution in [2.45, 2.75) is 39.7 Å². The summed E-state index contributed by atoms with van der Waals surface area (Å²) in [5, 5.41) is 7.38. The fourth-order valence-corrected chi connectivity index (χ4v) is 2.88. The van der Waals surface area contributed by atoms with E-state index in [0.717, 1.165) is 24.2 Å². The van der Waals surface area contributed by atoms with Gasteiger partial charge in [-0.3, -0.25) is 9.48 Å². The molecule has 7 heteroatoms. The predicted octanol–water partition coefficient (Wildman–Crippen LogP) is 3.09. The molecule has 0 radical (unpaired) electrons. The molecular weight excluding hydrogens is 304 g/mol. The summed E-state index contributed by atoms with van der Waals surface area (Å²) in [5.74, 6) is 0.328. The lowest BCUT2D eigenvalue weighted by molar-refractivity contribution is 0.102. The normalized spacial score (nSPS) is 11.4. The summed E-state index contributed by atoms with van der Waals surface area (Å²) in [5.41, 5.74) is 2.96. The van der Waals surface area contributed by atoms with Crippen molar-refractivity contribution in [3.63, 3.8) is 0 Å². The van der Waals surface area contributed by atoms with Crippen molar-refractivity contribution in [2.75, 3.05) is 5.32 Å². The Labute approximate surface area is 140 Å². The number of pyridine rings is 1. The molecule has 3 aromatic heterocycles. The molecule has 7 nitrogen and oxygen atoms in total. The molecule has 0 unspecified atom stereocenters. The van der Waals surface area contributed by atoms with Gasteiger partial charge in [-0.15, -0.1) is 0 Å². The fourth-order valence-electron chi connectivity index (χ4n) is 2.88. The number of anilines is 1. The van der Waals surface area contributed by atoms with Crippen LogP contribution in [0.2, 0.25) is 0 Å². The zero-order chi connectivity index (χ0) is 17.3. The summed E-state index contributed by atoms with van der Waals surface area (Å²) in [7, 11) is 1.87. The van der Waals surface area contributed by atoms with Gasteiger partial charge in [-0.2, -0.15) is 5.10 Å². The molecule has 24 heavy (non-hydrogen) atoms. The van der Waals surface area contributed by atoms with Gasteiger partial charge in [0.1, 0.15) is 5.52 Å². The monoisotopic (exact) mass is 326 g/mol. The number of aryl methyl sites for hydroxylation is 2. The van der Waals surface area contributed by atoms with E-state index in [4.69, 9.17) is 0 Å². The predicted molar refractivity (Wildman–Crippen MR) is 93.0 cm³/mol. The Balaban J connectivity index is 1.82. The van der Waals surface area contributed by atoms with Crippen LogP contribution in [0, 0.1) is 6.92 Å². The number of nitrogens with zero attached hydrogens (tertiary/aromatic N) is 5. The molecule has 0 aliphatic carbocycles. The quantitative estimate of drug-likeness (QED) is 0.781. The highest BCUT2D eigenvalue weighted by molar-refractivity contribution is 6.04. The summed E-state index contributed by atoms with van der Waals surface area (Å²) in [4.78, 5) is 21.0. The van der Waals surface area contributed by atoms with Gasteiger partial charge in [0.2, 0.25) is 0 Å². The number of rotatable bonds is 5. The second kappa shape index (κ2) is 6.43.